The summed E-state index contributed by atoms with van der Waals surface area (Å²) in [5.74, 6) is 0.571. The van der Waals surface area contributed by atoms with Crippen LogP contribution in [0.2, 0.25) is 0 Å². The molecule has 0 radical (unpaired) electrons. The minimum atomic E-state index is 0.571. The molecule has 0 saturated carbocycles. The minimum absolute atomic E-state index is 0.571. The number of nitrogens with zero attached hydrogens (tertiary/aromatic N) is 1. The first-order valence-electron chi connectivity index (χ1n) is 4.76. The second-order valence-corrected chi connectivity index (χ2v) is 3.65. The van der Waals surface area contributed by atoms with E-state index in [2.05, 4.69) is 43.1 Å². The Labute approximate surface area is 83.6 Å². The Morgan fingerprint density at radius 3 is 2.36 bits per heavy atom. The predicted octanol–water partition coefficient (Wildman–Crippen LogP) is 3.47. The first kappa shape index (κ1) is 9.00. The summed E-state index contributed by atoms with van der Waals surface area (Å²) in [4.78, 5) is 4.09. The molecule has 0 spiro atoms. The highest BCUT2D eigenvalue weighted by Crippen LogP contribution is 2.20. The van der Waals surface area contributed by atoms with Crippen LogP contribution in [0.5, 0.6) is 0 Å². The molecule has 2 rings (SSSR count). The predicted molar refractivity (Wildman–Crippen MR) is 56.0 cm³/mol. The average molecular weight is 187 g/mol. The first-order valence-corrected chi connectivity index (χ1v) is 4.76. The Morgan fingerprint density at radius 1 is 1.14 bits per heavy atom. The summed E-state index contributed by atoms with van der Waals surface area (Å²) >= 11 is 0. The van der Waals surface area contributed by atoms with Crippen LogP contribution in [0.4, 0.5) is 0 Å². The molecule has 1 heterocycles. The Hall–Kier alpha value is -1.57. The van der Waals surface area contributed by atoms with Gasteiger partial charge in [0.25, 0.3) is 0 Å². The Balaban J connectivity index is 2.31. The van der Waals surface area contributed by atoms with Gasteiger partial charge in [-0.15, -0.1) is 0 Å². The van der Waals surface area contributed by atoms with Crippen molar-refractivity contribution in [3.63, 3.8) is 0 Å². The quantitative estimate of drug-likeness (QED) is 0.719. The number of hydrogen-bond acceptors (Lipinski definition) is 2. The van der Waals surface area contributed by atoms with Crippen molar-refractivity contribution in [1.29, 1.82) is 0 Å². The van der Waals surface area contributed by atoms with Gasteiger partial charge in [-0.05, 0) is 11.5 Å². The van der Waals surface area contributed by atoms with Gasteiger partial charge in [0.2, 0.25) is 0 Å². The van der Waals surface area contributed by atoms with Gasteiger partial charge in [-0.2, -0.15) is 0 Å². The average Bonchev–Trinajstić information content (AvgIpc) is 2.71. The Kier molecular flexibility index (Phi) is 2.35. The molecule has 14 heavy (non-hydrogen) atoms. The lowest BCUT2D eigenvalue weighted by molar-refractivity contribution is 0.558. The van der Waals surface area contributed by atoms with Crippen molar-refractivity contribution in [1.82, 2.24) is 4.98 Å². The molecule has 0 aliphatic carbocycles. The lowest BCUT2D eigenvalue weighted by Gasteiger charge is -2.04. The Bertz CT molecular complexity index is 387. The molecule has 0 aliphatic heterocycles. The van der Waals surface area contributed by atoms with Gasteiger partial charge in [-0.25, -0.2) is 4.98 Å². The molecule has 0 aliphatic rings. The van der Waals surface area contributed by atoms with Crippen LogP contribution in [0, 0.1) is 0 Å². The summed E-state index contributed by atoms with van der Waals surface area (Å²) in [5.41, 5.74) is 3.33. The molecule has 0 amide bonds. The SMILES string of the molecule is CC(C)c1ccc(-c2cocn2)cc1. The molecule has 0 atom stereocenters. The third-order valence-electron chi connectivity index (χ3n) is 2.31. The van der Waals surface area contributed by atoms with Crippen LogP contribution in [-0.2, 0) is 0 Å². The van der Waals surface area contributed by atoms with Crippen molar-refractivity contribution in [3.8, 4) is 11.3 Å². The zero-order valence-corrected chi connectivity index (χ0v) is 8.40. The van der Waals surface area contributed by atoms with Crippen LogP contribution < -0.4 is 0 Å². The smallest absolute Gasteiger partial charge is 0.181 e. The van der Waals surface area contributed by atoms with Crippen molar-refractivity contribution in [2.75, 3.05) is 0 Å². The van der Waals surface area contributed by atoms with Gasteiger partial charge < -0.3 is 4.42 Å². The van der Waals surface area contributed by atoms with Gasteiger partial charge in [-0.1, -0.05) is 38.1 Å². The summed E-state index contributed by atoms with van der Waals surface area (Å²) in [6.07, 6.45) is 3.11. The topological polar surface area (TPSA) is 26.0 Å². The molecular weight excluding hydrogens is 174 g/mol. The summed E-state index contributed by atoms with van der Waals surface area (Å²) in [5, 5.41) is 0. The second kappa shape index (κ2) is 3.66. The molecule has 1 aromatic carbocycles. The maximum absolute atomic E-state index is 4.94. The lowest BCUT2D eigenvalue weighted by Crippen LogP contribution is -1.86. The van der Waals surface area contributed by atoms with Gasteiger partial charge >= 0.3 is 0 Å². The first-order chi connectivity index (χ1) is 6.77. The number of aromatic nitrogens is 1. The van der Waals surface area contributed by atoms with E-state index in [4.69, 9.17) is 4.42 Å². The zero-order valence-electron chi connectivity index (χ0n) is 8.40. The van der Waals surface area contributed by atoms with E-state index in [1.807, 2.05) is 0 Å². The molecule has 0 bridgehead atoms. The maximum Gasteiger partial charge on any atom is 0.181 e. The molecule has 2 heteroatoms. The van der Waals surface area contributed by atoms with Crippen molar-refractivity contribution < 1.29 is 4.42 Å². The molecule has 72 valence electrons. The standard InChI is InChI=1S/C12H13NO/c1-9(2)10-3-5-11(6-4-10)12-7-14-8-13-12/h3-9H,1-2H3. The highest BCUT2D eigenvalue weighted by molar-refractivity contribution is 5.57. The van der Waals surface area contributed by atoms with E-state index in [-0.39, 0.29) is 0 Å². The van der Waals surface area contributed by atoms with Crippen LogP contribution >= 0.6 is 0 Å². The van der Waals surface area contributed by atoms with Crippen LogP contribution in [-0.4, -0.2) is 4.98 Å². The van der Waals surface area contributed by atoms with Crippen LogP contribution in [0.25, 0.3) is 11.3 Å². The normalized spacial score (nSPS) is 10.8. The largest absolute Gasteiger partial charge is 0.451 e. The van der Waals surface area contributed by atoms with Crippen LogP contribution in [0.15, 0.2) is 41.3 Å². The fourth-order valence-corrected chi connectivity index (χ4v) is 1.39. The maximum atomic E-state index is 4.94. The number of rotatable bonds is 2. The van der Waals surface area contributed by atoms with E-state index in [1.54, 1.807) is 6.26 Å². The molecule has 0 fully saturated rings. The number of oxazole rings is 1. The fourth-order valence-electron chi connectivity index (χ4n) is 1.39. The molecule has 2 nitrogen and oxygen atoms in total. The summed E-state index contributed by atoms with van der Waals surface area (Å²) in [6.45, 7) is 4.37. The second-order valence-electron chi connectivity index (χ2n) is 3.65. The molecule has 0 unspecified atom stereocenters. The molecular formula is C12H13NO. The molecule has 0 saturated heterocycles. The summed E-state index contributed by atoms with van der Waals surface area (Å²) in [7, 11) is 0. The zero-order chi connectivity index (χ0) is 9.97. The van der Waals surface area contributed by atoms with E-state index in [0.29, 0.717) is 5.92 Å². The van der Waals surface area contributed by atoms with Crippen molar-refractivity contribution in [2.45, 2.75) is 19.8 Å². The van der Waals surface area contributed by atoms with E-state index in [9.17, 15) is 0 Å². The van der Waals surface area contributed by atoms with Gasteiger partial charge in [0, 0.05) is 5.56 Å². The highest BCUT2D eigenvalue weighted by atomic mass is 16.3. The monoisotopic (exact) mass is 187 g/mol. The minimum Gasteiger partial charge on any atom is -0.451 e. The van der Waals surface area contributed by atoms with Crippen LogP contribution in [0.1, 0.15) is 25.3 Å². The fraction of sp³-hybridized carbons (Fsp3) is 0.250. The van der Waals surface area contributed by atoms with E-state index >= 15 is 0 Å². The molecule has 2 aromatic rings. The van der Waals surface area contributed by atoms with Gasteiger partial charge in [0.15, 0.2) is 6.39 Å². The molecule has 1 aromatic heterocycles. The Morgan fingerprint density at radius 2 is 1.86 bits per heavy atom. The van der Waals surface area contributed by atoms with E-state index < -0.39 is 0 Å². The van der Waals surface area contributed by atoms with Crippen LogP contribution in [0.3, 0.4) is 0 Å². The van der Waals surface area contributed by atoms with Gasteiger partial charge in [0.1, 0.15) is 12.0 Å². The lowest BCUT2D eigenvalue weighted by atomic mass is 10.0. The van der Waals surface area contributed by atoms with E-state index in [0.717, 1.165) is 11.3 Å². The van der Waals surface area contributed by atoms with Crippen molar-refractivity contribution in [2.24, 2.45) is 0 Å². The third kappa shape index (κ3) is 1.69. The van der Waals surface area contributed by atoms with Crippen molar-refractivity contribution in [3.05, 3.63) is 42.5 Å². The van der Waals surface area contributed by atoms with Gasteiger partial charge in [-0.3, -0.25) is 0 Å². The van der Waals surface area contributed by atoms with Crippen molar-refractivity contribution >= 4 is 0 Å². The summed E-state index contributed by atoms with van der Waals surface area (Å²) < 4.78 is 4.94. The molecule has 0 N–H and O–H groups in total. The number of benzene rings is 1. The van der Waals surface area contributed by atoms with E-state index in [1.165, 1.54) is 12.0 Å². The summed E-state index contributed by atoms with van der Waals surface area (Å²) in [6, 6.07) is 8.42. The number of hydrogen-bond donors (Lipinski definition) is 0. The van der Waals surface area contributed by atoms with Gasteiger partial charge in [0.05, 0.1) is 0 Å². The highest BCUT2D eigenvalue weighted by Gasteiger charge is 2.02. The third-order valence-corrected chi connectivity index (χ3v) is 2.31.